The molecule has 9 nitrogen and oxygen atoms in total. The number of hydrogen-bond acceptors (Lipinski definition) is 6. The molecule has 0 unspecified atom stereocenters. The predicted molar refractivity (Wildman–Crippen MR) is 97.1 cm³/mol. The summed E-state index contributed by atoms with van der Waals surface area (Å²) in [4.78, 5) is 34.7. The van der Waals surface area contributed by atoms with E-state index in [1.54, 1.807) is 41.7 Å². The second-order valence-corrected chi connectivity index (χ2v) is 6.14. The number of fused-ring (bicyclic) bond motifs is 1. The summed E-state index contributed by atoms with van der Waals surface area (Å²) in [7, 11) is 0. The standard InChI is InChI=1S/C18H18N6O3/c25-17(23-5-7-27-8-6-23)12-24-4-2-16(22-24)21-18(26)14-9-13-1-3-19-11-15(13)20-10-14/h1-4,9-11H,5-8,12H2,(H,21,22,26). The Morgan fingerprint density at radius 1 is 1.19 bits per heavy atom. The molecule has 138 valence electrons. The average molecular weight is 366 g/mol. The molecule has 1 aliphatic rings. The van der Waals surface area contributed by atoms with Crippen molar-refractivity contribution in [2.45, 2.75) is 6.54 Å². The van der Waals surface area contributed by atoms with E-state index in [1.165, 1.54) is 10.9 Å². The van der Waals surface area contributed by atoms with Crippen molar-refractivity contribution in [2.75, 3.05) is 31.6 Å². The third-order valence-corrected chi connectivity index (χ3v) is 4.29. The maximum absolute atomic E-state index is 12.4. The minimum absolute atomic E-state index is 0.0217. The molecule has 0 radical (unpaired) electrons. The molecule has 0 bridgehead atoms. The van der Waals surface area contributed by atoms with E-state index >= 15 is 0 Å². The van der Waals surface area contributed by atoms with E-state index in [9.17, 15) is 9.59 Å². The largest absolute Gasteiger partial charge is 0.378 e. The van der Waals surface area contributed by atoms with E-state index in [4.69, 9.17) is 4.74 Å². The average Bonchev–Trinajstić information content (AvgIpc) is 3.15. The summed E-state index contributed by atoms with van der Waals surface area (Å²) in [5.74, 6) is 0.0437. The van der Waals surface area contributed by atoms with Gasteiger partial charge < -0.3 is 15.0 Å². The third kappa shape index (κ3) is 3.93. The Morgan fingerprint density at radius 3 is 2.89 bits per heavy atom. The second kappa shape index (κ2) is 7.50. The van der Waals surface area contributed by atoms with Crippen LogP contribution in [0.5, 0.6) is 0 Å². The van der Waals surface area contributed by atoms with Crippen LogP contribution >= 0.6 is 0 Å². The van der Waals surface area contributed by atoms with Crippen LogP contribution in [-0.2, 0) is 16.1 Å². The van der Waals surface area contributed by atoms with Gasteiger partial charge in [0.05, 0.1) is 30.5 Å². The van der Waals surface area contributed by atoms with Crippen LogP contribution in [0.2, 0.25) is 0 Å². The molecule has 4 rings (SSSR count). The van der Waals surface area contributed by atoms with Gasteiger partial charge in [-0.2, -0.15) is 5.10 Å². The molecule has 3 aromatic heterocycles. The molecule has 0 atom stereocenters. The summed E-state index contributed by atoms with van der Waals surface area (Å²) in [5, 5.41) is 7.81. The van der Waals surface area contributed by atoms with Gasteiger partial charge in [-0.1, -0.05) is 0 Å². The molecule has 1 N–H and O–H groups in total. The number of amides is 2. The number of nitrogens with zero attached hydrogens (tertiary/aromatic N) is 5. The number of nitrogens with one attached hydrogen (secondary N) is 1. The van der Waals surface area contributed by atoms with Gasteiger partial charge in [-0.05, 0) is 12.1 Å². The van der Waals surface area contributed by atoms with Crippen LogP contribution in [0, 0.1) is 0 Å². The summed E-state index contributed by atoms with van der Waals surface area (Å²) in [6.45, 7) is 2.42. The van der Waals surface area contributed by atoms with Gasteiger partial charge in [0.15, 0.2) is 5.82 Å². The minimum atomic E-state index is -0.314. The fraction of sp³-hybridized carbons (Fsp3) is 0.278. The number of aromatic nitrogens is 4. The van der Waals surface area contributed by atoms with Crippen molar-refractivity contribution in [3.8, 4) is 0 Å². The van der Waals surface area contributed by atoms with E-state index < -0.39 is 0 Å². The molecule has 4 heterocycles. The van der Waals surface area contributed by atoms with Crippen molar-refractivity contribution in [3.63, 3.8) is 0 Å². The molecular weight excluding hydrogens is 348 g/mol. The van der Waals surface area contributed by atoms with Crippen LogP contribution in [0.1, 0.15) is 10.4 Å². The van der Waals surface area contributed by atoms with Crippen molar-refractivity contribution in [1.82, 2.24) is 24.6 Å². The van der Waals surface area contributed by atoms with Crippen molar-refractivity contribution in [2.24, 2.45) is 0 Å². The van der Waals surface area contributed by atoms with E-state index in [2.05, 4.69) is 20.4 Å². The molecule has 0 aromatic carbocycles. The van der Waals surface area contributed by atoms with Gasteiger partial charge >= 0.3 is 0 Å². The predicted octanol–water partition coefficient (Wildman–Crippen LogP) is 0.937. The maximum Gasteiger partial charge on any atom is 0.258 e. The van der Waals surface area contributed by atoms with Crippen molar-refractivity contribution < 1.29 is 14.3 Å². The number of hydrogen-bond donors (Lipinski definition) is 1. The highest BCUT2D eigenvalue weighted by Gasteiger charge is 2.17. The van der Waals surface area contributed by atoms with Crippen LogP contribution in [-0.4, -0.2) is 62.8 Å². The normalized spacial score (nSPS) is 14.3. The summed E-state index contributed by atoms with van der Waals surface area (Å²) < 4.78 is 6.76. The quantitative estimate of drug-likeness (QED) is 0.737. The highest BCUT2D eigenvalue weighted by molar-refractivity contribution is 6.05. The number of anilines is 1. The molecule has 0 spiro atoms. The number of rotatable bonds is 4. The highest BCUT2D eigenvalue weighted by atomic mass is 16.5. The van der Waals surface area contributed by atoms with Crippen LogP contribution in [0.3, 0.4) is 0 Å². The zero-order chi connectivity index (χ0) is 18.6. The van der Waals surface area contributed by atoms with Gasteiger partial charge in [-0.3, -0.25) is 24.2 Å². The Bertz CT molecular complexity index is 980. The summed E-state index contributed by atoms with van der Waals surface area (Å²) in [6.07, 6.45) is 6.46. The first kappa shape index (κ1) is 17.1. The minimum Gasteiger partial charge on any atom is -0.378 e. The van der Waals surface area contributed by atoms with Gasteiger partial charge in [0, 0.05) is 43.1 Å². The van der Waals surface area contributed by atoms with Gasteiger partial charge in [-0.15, -0.1) is 0 Å². The number of ether oxygens (including phenoxy) is 1. The Balaban J connectivity index is 1.40. The zero-order valence-corrected chi connectivity index (χ0v) is 14.5. The van der Waals surface area contributed by atoms with Crippen LogP contribution in [0.15, 0.2) is 43.0 Å². The third-order valence-electron chi connectivity index (χ3n) is 4.29. The lowest BCUT2D eigenvalue weighted by molar-refractivity contribution is -0.136. The first-order valence-corrected chi connectivity index (χ1v) is 8.59. The molecule has 3 aromatic rings. The molecule has 1 aliphatic heterocycles. The SMILES string of the molecule is O=C(Nc1ccn(CC(=O)N2CCOCC2)n1)c1cnc2cnccc2c1. The zero-order valence-electron chi connectivity index (χ0n) is 14.5. The van der Waals surface area contributed by atoms with E-state index in [0.29, 0.717) is 37.7 Å². The summed E-state index contributed by atoms with van der Waals surface area (Å²) in [5.41, 5.74) is 1.15. The number of morpholine rings is 1. The first-order chi connectivity index (χ1) is 13.2. The van der Waals surface area contributed by atoms with Crippen molar-refractivity contribution in [3.05, 3.63) is 48.5 Å². The Labute approximate surface area is 155 Å². The number of carbonyl (C=O) groups excluding carboxylic acids is 2. The lowest BCUT2D eigenvalue weighted by Gasteiger charge is -2.26. The molecule has 0 aliphatic carbocycles. The molecule has 27 heavy (non-hydrogen) atoms. The Hall–Kier alpha value is -3.33. The molecule has 1 fully saturated rings. The van der Waals surface area contributed by atoms with Crippen LogP contribution in [0.25, 0.3) is 10.9 Å². The van der Waals surface area contributed by atoms with Crippen LogP contribution in [0.4, 0.5) is 5.82 Å². The van der Waals surface area contributed by atoms with Crippen molar-refractivity contribution >= 4 is 28.5 Å². The maximum atomic E-state index is 12.4. The topological polar surface area (TPSA) is 102 Å². The lowest BCUT2D eigenvalue weighted by atomic mass is 10.2. The second-order valence-electron chi connectivity index (χ2n) is 6.14. The van der Waals surface area contributed by atoms with Crippen molar-refractivity contribution in [1.29, 1.82) is 0 Å². The van der Waals surface area contributed by atoms with E-state index in [-0.39, 0.29) is 18.4 Å². The highest BCUT2D eigenvalue weighted by Crippen LogP contribution is 2.13. The summed E-state index contributed by atoms with van der Waals surface area (Å²) in [6, 6.07) is 5.20. The smallest absolute Gasteiger partial charge is 0.258 e. The van der Waals surface area contributed by atoms with Gasteiger partial charge in [0.25, 0.3) is 5.91 Å². The van der Waals surface area contributed by atoms with Gasteiger partial charge in [0.2, 0.25) is 5.91 Å². The Kier molecular flexibility index (Phi) is 4.75. The fourth-order valence-corrected chi connectivity index (χ4v) is 2.85. The number of pyridine rings is 2. The monoisotopic (exact) mass is 366 g/mol. The molecule has 1 saturated heterocycles. The fourth-order valence-electron chi connectivity index (χ4n) is 2.85. The van der Waals surface area contributed by atoms with Gasteiger partial charge in [-0.25, -0.2) is 0 Å². The molecular formula is C18H18N6O3. The lowest BCUT2D eigenvalue weighted by Crippen LogP contribution is -2.42. The first-order valence-electron chi connectivity index (χ1n) is 8.59. The van der Waals surface area contributed by atoms with Crippen LogP contribution < -0.4 is 5.32 Å². The number of carbonyl (C=O) groups is 2. The summed E-state index contributed by atoms with van der Waals surface area (Å²) >= 11 is 0. The molecule has 2 amide bonds. The van der Waals surface area contributed by atoms with E-state index in [0.717, 1.165) is 10.9 Å². The Morgan fingerprint density at radius 2 is 2.04 bits per heavy atom. The van der Waals surface area contributed by atoms with Gasteiger partial charge in [0.1, 0.15) is 6.54 Å². The van der Waals surface area contributed by atoms with E-state index in [1.807, 2.05) is 0 Å². The molecule has 0 saturated carbocycles. The molecule has 9 heteroatoms.